The number of alkyl halides is 1. The summed E-state index contributed by atoms with van der Waals surface area (Å²) in [5, 5.41) is 8.41. The summed E-state index contributed by atoms with van der Waals surface area (Å²) in [5.41, 5.74) is -0.520. The number of aromatic nitrogens is 3. The molecule has 0 N–H and O–H groups in total. The average Bonchev–Trinajstić information content (AvgIpc) is 2.72. The molecule has 0 aliphatic heterocycles. The first-order valence-electron chi connectivity index (χ1n) is 5.81. The maximum Gasteiger partial charge on any atom is 0.170 e. The summed E-state index contributed by atoms with van der Waals surface area (Å²) in [6, 6.07) is 3.76. The van der Waals surface area contributed by atoms with Crippen LogP contribution in [0, 0.1) is 11.6 Å². The maximum absolute atomic E-state index is 13.9. The molecular weight excluding hydrogens is 316 g/mol. The molecule has 0 unspecified atom stereocenters. The van der Waals surface area contributed by atoms with Gasteiger partial charge in [-0.2, -0.15) is 0 Å². The summed E-state index contributed by atoms with van der Waals surface area (Å²) in [6.45, 7) is 5.81. The monoisotopic (exact) mass is 329 g/mol. The number of halogens is 3. The van der Waals surface area contributed by atoms with Gasteiger partial charge in [-0.05, 0) is 32.9 Å². The zero-order chi connectivity index (χ0) is 14.2. The molecule has 2 aromatic rings. The van der Waals surface area contributed by atoms with Gasteiger partial charge in [-0.3, -0.25) is 0 Å². The van der Waals surface area contributed by atoms with Crippen LogP contribution in [0.4, 0.5) is 8.78 Å². The molecule has 2 rings (SSSR count). The lowest BCUT2D eigenvalue weighted by Gasteiger charge is -2.24. The standard InChI is InChI=1S/C13H14BrF2N3/c1-13(2,3)19-10(7-14)17-18-12(19)11-8(15)5-4-6-9(11)16/h4-6H,7H2,1-3H3. The van der Waals surface area contributed by atoms with Gasteiger partial charge in [-0.1, -0.05) is 22.0 Å². The van der Waals surface area contributed by atoms with Gasteiger partial charge in [0.15, 0.2) is 5.82 Å². The van der Waals surface area contributed by atoms with Crippen molar-refractivity contribution < 1.29 is 8.78 Å². The van der Waals surface area contributed by atoms with Crippen molar-refractivity contribution in [3.8, 4) is 11.4 Å². The molecule has 0 fully saturated rings. The Hall–Kier alpha value is -1.30. The number of rotatable bonds is 2. The van der Waals surface area contributed by atoms with Crippen LogP contribution >= 0.6 is 15.9 Å². The summed E-state index contributed by atoms with van der Waals surface area (Å²) in [5.74, 6) is -0.444. The summed E-state index contributed by atoms with van der Waals surface area (Å²) < 4.78 is 29.5. The molecule has 19 heavy (non-hydrogen) atoms. The van der Waals surface area contributed by atoms with Crippen LogP contribution in [0.5, 0.6) is 0 Å². The molecule has 1 aromatic heterocycles. The minimum atomic E-state index is -0.640. The van der Waals surface area contributed by atoms with Crippen molar-refractivity contribution in [2.45, 2.75) is 31.6 Å². The largest absolute Gasteiger partial charge is 0.305 e. The molecule has 0 aliphatic carbocycles. The maximum atomic E-state index is 13.9. The second-order valence-corrected chi connectivity index (χ2v) is 5.74. The van der Waals surface area contributed by atoms with Crippen LogP contribution in [0.1, 0.15) is 26.6 Å². The molecule has 0 radical (unpaired) electrons. The average molecular weight is 330 g/mol. The lowest BCUT2D eigenvalue weighted by molar-refractivity contribution is 0.389. The van der Waals surface area contributed by atoms with E-state index in [1.54, 1.807) is 4.57 Å². The van der Waals surface area contributed by atoms with Gasteiger partial charge >= 0.3 is 0 Å². The molecule has 1 aromatic carbocycles. The molecule has 0 amide bonds. The van der Waals surface area contributed by atoms with E-state index in [9.17, 15) is 8.78 Å². The fraction of sp³-hybridized carbons (Fsp3) is 0.385. The summed E-state index contributed by atoms with van der Waals surface area (Å²) in [4.78, 5) is 0. The van der Waals surface area contributed by atoms with Crippen molar-refractivity contribution in [1.82, 2.24) is 14.8 Å². The summed E-state index contributed by atoms with van der Waals surface area (Å²) >= 11 is 3.31. The summed E-state index contributed by atoms with van der Waals surface area (Å²) in [7, 11) is 0. The predicted octanol–water partition coefficient (Wildman–Crippen LogP) is 3.87. The van der Waals surface area contributed by atoms with Gasteiger partial charge in [0.1, 0.15) is 17.5 Å². The summed E-state index contributed by atoms with van der Waals surface area (Å²) in [6.07, 6.45) is 0. The number of hydrogen-bond donors (Lipinski definition) is 0. The minimum absolute atomic E-state index is 0.142. The Labute approximate surface area is 118 Å². The SMILES string of the molecule is CC(C)(C)n1c(CBr)nnc1-c1c(F)cccc1F. The highest BCUT2D eigenvalue weighted by atomic mass is 79.9. The third kappa shape index (κ3) is 2.54. The third-order valence-electron chi connectivity index (χ3n) is 2.71. The van der Waals surface area contributed by atoms with E-state index in [2.05, 4.69) is 26.1 Å². The van der Waals surface area contributed by atoms with Gasteiger partial charge in [-0.15, -0.1) is 10.2 Å². The van der Waals surface area contributed by atoms with E-state index in [0.717, 1.165) is 0 Å². The Bertz CT molecular complexity index is 582. The van der Waals surface area contributed by atoms with E-state index in [-0.39, 0.29) is 16.9 Å². The highest BCUT2D eigenvalue weighted by Crippen LogP contribution is 2.30. The second-order valence-electron chi connectivity index (χ2n) is 5.18. The molecule has 1 heterocycles. The van der Waals surface area contributed by atoms with Crippen molar-refractivity contribution in [1.29, 1.82) is 0 Å². The van der Waals surface area contributed by atoms with Crippen molar-refractivity contribution in [3.63, 3.8) is 0 Å². The van der Waals surface area contributed by atoms with Gasteiger partial charge < -0.3 is 4.57 Å². The van der Waals surface area contributed by atoms with E-state index in [1.165, 1.54) is 18.2 Å². The predicted molar refractivity (Wildman–Crippen MR) is 73.0 cm³/mol. The third-order valence-corrected chi connectivity index (χ3v) is 3.21. The van der Waals surface area contributed by atoms with Crippen LogP contribution in [-0.4, -0.2) is 14.8 Å². The Morgan fingerprint density at radius 1 is 1.16 bits per heavy atom. The fourth-order valence-electron chi connectivity index (χ4n) is 1.98. The zero-order valence-electron chi connectivity index (χ0n) is 10.9. The van der Waals surface area contributed by atoms with Gasteiger partial charge in [0.25, 0.3) is 0 Å². The Morgan fingerprint density at radius 3 is 2.21 bits per heavy atom. The van der Waals surface area contributed by atoms with Crippen LogP contribution in [-0.2, 0) is 10.9 Å². The van der Waals surface area contributed by atoms with Crippen molar-refractivity contribution in [2.75, 3.05) is 0 Å². The quantitative estimate of drug-likeness (QED) is 0.783. The Balaban J connectivity index is 2.74. The van der Waals surface area contributed by atoms with E-state index in [1.807, 2.05) is 20.8 Å². The molecule has 0 spiro atoms. The highest BCUT2D eigenvalue weighted by Gasteiger charge is 2.26. The van der Waals surface area contributed by atoms with Gasteiger partial charge in [0, 0.05) is 5.54 Å². The van der Waals surface area contributed by atoms with E-state index in [4.69, 9.17) is 0 Å². The molecule has 0 atom stereocenters. The zero-order valence-corrected chi connectivity index (χ0v) is 12.5. The number of hydrogen-bond acceptors (Lipinski definition) is 2. The first-order valence-corrected chi connectivity index (χ1v) is 6.93. The smallest absolute Gasteiger partial charge is 0.170 e. The van der Waals surface area contributed by atoms with E-state index >= 15 is 0 Å². The molecule has 0 saturated heterocycles. The number of benzene rings is 1. The Kier molecular flexibility index (Phi) is 3.71. The normalized spacial score (nSPS) is 11.9. The van der Waals surface area contributed by atoms with Crippen LogP contribution in [0.3, 0.4) is 0 Å². The van der Waals surface area contributed by atoms with Gasteiger partial charge in [0.05, 0.1) is 10.9 Å². The minimum Gasteiger partial charge on any atom is -0.305 e. The lowest BCUT2D eigenvalue weighted by Crippen LogP contribution is -2.25. The molecule has 0 bridgehead atoms. The first kappa shape index (κ1) is 14.1. The van der Waals surface area contributed by atoms with Crippen LogP contribution in [0.15, 0.2) is 18.2 Å². The molecule has 0 aliphatic rings. The molecule has 102 valence electrons. The van der Waals surface area contributed by atoms with Crippen molar-refractivity contribution in [2.24, 2.45) is 0 Å². The van der Waals surface area contributed by atoms with Gasteiger partial charge in [-0.25, -0.2) is 8.78 Å². The van der Waals surface area contributed by atoms with Crippen LogP contribution in [0.2, 0.25) is 0 Å². The van der Waals surface area contributed by atoms with E-state index in [0.29, 0.717) is 11.2 Å². The van der Waals surface area contributed by atoms with Gasteiger partial charge in [0.2, 0.25) is 0 Å². The van der Waals surface area contributed by atoms with Crippen molar-refractivity contribution >= 4 is 15.9 Å². The molecular formula is C13H14BrF2N3. The topological polar surface area (TPSA) is 30.7 Å². The number of nitrogens with zero attached hydrogens (tertiary/aromatic N) is 3. The van der Waals surface area contributed by atoms with E-state index < -0.39 is 11.6 Å². The molecule has 0 saturated carbocycles. The molecule has 3 nitrogen and oxygen atoms in total. The van der Waals surface area contributed by atoms with Crippen LogP contribution < -0.4 is 0 Å². The van der Waals surface area contributed by atoms with Crippen LogP contribution in [0.25, 0.3) is 11.4 Å². The first-order chi connectivity index (χ1) is 8.86. The Morgan fingerprint density at radius 2 is 1.74 bits per heavy atom. The van der Waals surface area contributed by atoms with Crippen molar-refractivity contribution in [3.05, 3.63) is 35.7 Å². The highest BCUT2D eigenvalue weighted by molar-refractivity contribution is 9.08. The second kappa shape index (κ2) is 5.00. The lowest BCUT2D eigenvalue weighted by atomic mass is 10.1. The molecule has 6 heteroatoms. The fourth-order valence-corrected chi connectivity index (χ4v) is 2.34.